The van der Waals surface area contributed by atoms with E-state index >= 15 is 0 Å². The van der Waals surface area contributed by atoms with E-state index in [1.165, 1.54) is 0 Å². The van der Waals surface area contributed by atoms with E-state index in [4.69, 9.17) is 10.6 Å². The summed E-state index contributed by atoms with van der Waals surface area (Å²) in [6, 6.07) is 13.3. The number of fused-ring (bicyclic) bond motifs is 1. The average Bonchev–Trinajstić information content (AvgIpc) is 2.89. The van der Waals surface area contributed by atoms with Crippen molar-refractivity contribution in [2.45, 2.75) is 57.7 Å². The highest BCUT2D eigenvalue weighted by atomic mass is 32.2. The molecular weight excluding hydrogens is 526 g/mol. The van der Waals surface area contributed by atoms with Crippen molar-refractivity contribution in [2.24, 2.45) is 11.7 Å². The number of nitrogens with one attached hydrogen (secondary N) is 1. The first kappa shape index (κ1) is 32.0. The molecule has 0 bridgehead atoms. The van der Waals surface area contributed by atoms with E-state index in [-0.39, 0.29) is 25.3 Å². The fourth-order valence-electron chi connectivity index (χ4n) is 3.92. The molecule has 0 fully saturated rings. The minimum absolute atomic E-state index is 0.0112. The number of nitrogens with zero attached hydrogens (tertiary/aromatic N) is 1. The topological polar surface area (TPSA) is 139 Å². The number of aryl methyl sites for hydroxylation is 1. The molecular formula is C27H41N3O6S2. The molecule has 11 heteroatoms. The minimum Gasteiger partial charge on any atom is -0.478 e. The second-order valence-electron chi connectivity index (χ2n) is 9.87. The van der Waals surface area contributed by atoms with Crippen molar-refractivity contribution in [3.05, 3.63) is 48.0 Å². The van der Waals surface area contributed by atoms with E-state index in [0.717, 1.165) is 34.1 Å². The Hall–Kier alpha value is -2.18. The first-order valence-electron chi connectivity index (χ1n) is 12.9. The number of hydrogen-bond donors (Lipinski definition) is 4. The van der Waals surface area contributed by atoms with Gasteiger partial charge in [-0.3, -0.25) is 14.9 Å². The summed E-state index contributed by atoms with van der Waals surface area (Å²) in [7, 11) is -3.55. The normalized spacial score (nSPS) is 15.1. The molecule has 212 valence electrons. The van der Waals surface area contributed by atoms with Crippen LogP contribution in [-0.2, 0) is 30.7 Å². The Kier molecular flexibility index (Phi) is 12.5. The van der Waals surface area contributed by atoms with Crippen LogP contribution in [0.1, 0.15) is 45.1 Å². The lowest BCUT2D eigenvalue weighted by molar-refractivity contribution is -0.236. The number of hydroxylamine groups is 2. The Labute approximate surface area is 231 Å². The van der Waals surface area contributed by atoms with Crippen molar-refractivity contribution in [1.29, 1.82) is 0 Å². The van der Waals surface area contributed by atoms with Gasteiger partial charge in [0.1, 0.15) is 9.84 Å². The summed E-state index contributed by atoms with van der Waals surface area (Å²) in [5.41, 5.74) is 4.77. The standard InChI is InChI=1S/C27H41N3O6S2/c1-4-20(2)13-15-36-30(25(31)12-10-21-9-11-22-7-5-6-8-23(22)17-21)27(26(32)33,14-16-38(3,34)35)29-18-24(28)19-37/h5-9,11,17,20,24,29,37H,4,10,12-16,18-19,28H2,1-3H3,(H,32,33)/t20-,24?,27-/m0/s1. The van der Waals surface area contributed by atoms with E-state index in [1.54, 1.807) is 0 Å². The zero-order chi connectivity index (χ0) is 28.3. The number of carboxylic acid groups (broad SMARTS) is 1. The van der Waals surface area contributed by atoms with Crippen LogP contribution >= 0.6 is 12.6 Å². The van der Waals surface area contributed by atoms with Crippen molar-refractivity contribution in [1.82, 2.24) is 10.4 Å². The van der Waals surface area contributed by atoms with Gasteiger partial charge in [0.05, 0.1) is 12.4 Å². The molecule has 4 N–H and O–H groups in total. The molecule has 2 rings (SSSR count). The van der Waals surface area contributed by atoms with Crippen molar-refractivity contribution in [3.8, 4) is 0 Å². The molecule has 0 heterocycles. The summed E-state index contributed by atoms with van der Waals surface area (Å²) in [4.78, 5) is 32.3. The quantitative estimate of drug-likeness (QED) is 0.130. The fourth-order valence-corrected chi connectivity index (χ4v) is 4.72. The lowest BCUT2D eigenvalue weighted by atomic mass is 10.0. The van der Waals surface area contributed by atoms with E-state index in [1.807, 2.05) is 56.3 Å². The third kappa shape index (κ3) is 9.53. The van der Waals surface area contributed by atoms with Crippen LogP contribution in [0.15, 0.2) is 42.5 Å². The molecule has 3 atom stereocenters. The van der Waals surface area contributed by atoms with Crippen LogP contribution < -0.4 is 11.1 Å². The number of carbonyl (C=O) groups is 2. The molecule has 1 amide bonds. The number of benzene rings is 2. The summed E-state index contributed by atoms with van der Waals surface area (Å²) in [6.45, 7) is 4.16. The van der Waals surface area contributed by atoms with Crippen LogP contribution in [0.2, 0.25) is 0 Å². The van der Waals surface area contributed by atoms with Gasteiger partial charge in [0.25, 0.3) is 0 Å². The maximum atomic E-state index is 13.6. The maximum Gasteiger partial charge on any atom is 0.347 e. The molecule has 0 aliphatic carbocycles. The molecule has 0 aromatic heterocycles. The Balaban J connectivity index is 2.38. The van der Waals surface area contributed by atoms with Crippen LogP contribution in [0.5, 0.6) is 0 Å². The van der Waals surface area contributed by atoms with Gasteiger partial charge in [0.15, 0.2) is 0 Å². The molecule has 9 nitrogen and oxygen atoms in total. The van der Waals surface area contributed by atoms with Gasteiger partial charge in [-0.15, -0.1) is 0 Å². The van der Waals surface area contributed by atoms with Gasteiger partial charge < -0.3 is 10.8 Å². The highest BCUT2D eigenvalue weighted by molar-refractivity contribution is 7.90. The molecule has 0 saturated carbocycles. The fraction of sp³-hybridized carbons (Fsp3) is 0.556. The lowest BCUT2D eigenvalue weighted by Gasteiger charge is -2.40. The summed E-state index contributed by atoms with van der Waals surface area (Å²) >= 11 is 4.16. The van der Waals surface area contributed by atoms with Crippen molar-refractivity contribution in [2.75, 3.05) is 30.9 Å². The van der Waals surface area contributed by atoms with Crippen LogP contribution in [-0.4, -0.2) is 73.1 Å². The predicted octanol–water partition coefficient (Wildman–Crippen LogP) is 3.03. The highest BCUT2D eigenvalue weighted by Crippen LogP contribution is 2.24. The zero-order valence-corrected chi connectivity index (χ0v) is 24.1. The molecule has 0 radical (unpaired) electrons. The zero-order valence-electron chi connectivity index (χ0n) is 22.4. The second-order valence-corrected chi connectivity index (χ2v) is 12.5. The number of hydrogen-bond acceptors (Lipinski definition) is 8. The second kappa shape index (κ2) is 14.8. The van der Waals surface area contributed by atoms with Gasteiger partial charge >= 0.3 is 5.97 Å². The van der Waals surface area contributed by atoms with Gasteiger partial charge in [0.2, 0.25) is 11.6 Å². The van der Waals surface area contributed by atoms with Crippen molar-refractivity contribution in [3.63, 3.8) is 0 Å². The molecule has 0 aliphatic heterocycles. The van der Waals surface area contributed by atoms with Gasteiger partial charge in [-0.2, -0.15) is 17.7 Å². The van der Waals surface area contributed by atoms with Crippen molar-refractivity contribution < 1.29 is 28.0 Å². The van der Waals surface area contributed by atoms with Gasteiger partial charge in [-0.25, -0.2) is 13.2 Å². The number of thiol groups is 1. The summed E-state index contributed by atoms with van der Waals surface area (Å²) in [5.74, 6) is -1.89. The summed E-state index contributed by atoms with van der Waals surface area (Å²) < 4.78 is 24.1. The molecule has 0 aliphatic rings. The van der Waals surface area contributed by atoms with Gasteiger partial charge in [-0.05, 0) is 35.1 Å². The van der Waals surface area contributed by atoms with Crippen LogP contribution in [0.3, 0.4) is 0 Å². The molecule has 1 unspecified atom stereocenters. The summed E-state index contributed by atoms with van der Waals surface area (Å²) in [5, 5.41) is 16.2. The predicted molar refractivity (Wildman–Crippen MR) is 154 cm³/mol. The molecule has 38 heavy (non-hydrogen) atoms. The van der Waals surface area contributed by atoms with E-state index in [9.17, 15) is 23.1 Å². The third-order valence-electron chi connectivity index (χ3n) is 6.62. The highest BCUT2D eigenvalue weighted by Gasteiger charge is 2.48. The molecule has 2 aromatic rings. The average molecular weight is 568 g/mol. The van der Waals surface area contributed by atoms with Gasteiger partial charge in [-0.1, -0.05) is 62.7 Å². The first-order valence-corrected chi connectivity index (χ1v) is 15.6. The largest absolute Gasteiger partial charge is 0.478 e. The third-order valence-corrected chi connectivity index (χ3v) is 8.04. The Bertz CT molecular complexity index is 1180. The molecule has 2 aromatic carbocycles. The number of amides is 1. The van der Waals surface area contributed by atoms with Gasteiger partial charge in [0, 0.05) is 37.4 Å². The van der Waals surface area contributed by atoms with Crippen LogP contribution in [0, 0.1) is 5.92 Å². The number of rotatable bonds is 17. The minimum atomic E-state index is -3.55. The lowest BCUT2D eigenvalue weighted by Crippen LogP contribution is -2.67. The Morgan fingerprint density at radius 3 is 2.50 bits per heavy atom. The Morgan fingerprint density at radius 1 is 1.21 bits per heavy atom. The monoisotopic (exact) mass is 567 g/mol. The maximum absolute atomic E-state index is 13.6. The number of carboxylic acids is 1. The molecule has 0 spiro atoms. The van der Waals surface area contributed by atoms with Crippen LogP contribution in [0.4, 0.5) is 0 Å². The van der Waals surface area contributed by atoms with Crippen LogP contribution in [0.25, 0.3) is 10.8 Å². The van der Waals surface area contributed by atoms with Crippen molar-refractivity contribution >= 4 is 45.1 Å². The number of sulfone groups is 1. The van der Waals surface area contributed by atoms with E-state index in [0.29, 0.717) is 18.8 Å². The smallest absolute Gasteiger partial charge is 0.347 e. The molecule has 0 saturated heterocycles. The van der Waals surface area contributed by atoms with E-state index in [2.05, 4.69) is 17.9 Å². The number of carbonyl (C=O) groups excluding carboxylic acids is 1. The number of aliphatic carboxylic acids is 1. The number of nitrogens with two attached hydrogens (primary N) is 1. The first-order chi connectivity index (χ1) is 17.9. The SMILES string of the molecule is CC[C@H](C)CCON(C(=O)CCc1ccc2ccccc2c1)[C@](CCS(C)(=O)=O)(NCC(N)CS)C(=O)O. The summed E-state index contributed by atoms with van der Waals surface area (Å²) in [6.07, 6.45) is 2.43. The Morgan fingerprint density at radius 2 is 1.89 bits per heavy atom. The van der Waals surface area contributed by atoms with E-state index < -0.39 is 45.6 Å².